The van der Waals surface area contributed by atoms with Gasteiger partial charge in [-0.05, 0) is 41.7 Å². The van der Waals surface area contributed by atoms with E-state index in [1.54, 1.807) is 6.07 Å². The lowest BCUT2D eigenvalue weighted by Crippen LogP contribution is -2.44. The Hall–Kier alpha value is -3.67. The molecule has 5 rings (SSSR count). The van der Waals surface area contributed by atoms with Crippen LogP contribution in [0.2, 0.25) is 0 Å². The average molecular weight is 494 g/mol. The summed E-state index contributed by atoms with van der Waals surface area (Å²) in [6, 6.07) is 35.4. The molecular weight excluding hydrogens is 458 g/mol. The minimum atomic E-state index is -0.120. The molecule has 0 atom stereocenters. The summed E-state index contributed by atoms with van der Waals surface area (Å²) in [5.41, 5.74) is 3.84. The number of benzene rings is 3. The molecule has 0 aliphatic carbocycles. The summed E-state index contributed by atoms with van der Waals surface area (Å²) in [5, 5.41) is 3.19. The van der Waals surface area contributed by atoms with Crippen LogP contribution in [0, 0.1) is 0 Å². The number of nitrogens with one attached hydrogen (secondary N) is 1. The van der Waals surface area contributed by atoms with Crippen molar-refractivity contribution in [2.75, 3.05) is 13.1 Å². The molecule has 1 amide bonds. The van der Waals surface area contributed by atoms with Crippen molar-refractivity contribution in [1.29, 1.82) is 0 Å². The number of furan rings is 1. The molecule has 3 aromatic carbocycles. The molecule has 37 heavy (non-hydrogen) atoms. The topological polar surface area (TPSA) is 48.7 Å². The van der Waals surface area contributed by atoms with Gasteiger partial charge in [-0.3, -0.25) is 14.6 Å². The third-order valence-corrected chi connectivity index (χ3v) is 6.93. The molecule has 1 saturated heterocycles. The zero-order valence-corrected chi connectivity index (χ0v) is 21.3. The second kappa shape index (κ2) is 12.5. The van der Waals surface area contributed by atoms with Crippen LogP contribution in [0.1, 0.15) is 45.8 Å². The predicted octanol–water partition coefficient (Wildman–Crippen LogP) is 5.88. The van der Waals surface area contributed by atoms with Crippen LogP contribution in [-0.4, -0.2) is 34.8 Å². The number of carbonyl (C=O) groups is 1. The van der Waals surface area contributed by atoms with Crippen molar-refractivity contribution < 1.29 is 9.21 Å². The van der Waals surface area contributed by atoms with Crippen molar-refractivity contribution in [3.8, 4) is 0 Å². The molecule has 0 bridgehead atoms. The number of nitrogens with zero attached hydrogens (tertiary/aromatic N) is 2. The maximum absolute atomic E-state index is 12.9. The van der Waals surface area contributed by atoms with Crippen molar-refractivity contribution in [2.24, 2.45) is 0 Å². The molecule has 1 aliphatic heterocycles. The summed E-state index contributed by atoms with van der Waals surface area (Å²) < 4.78 is 6.03. The maximum atomic E-state index is 12.9. The highest BCUT2D eigenvalue weighted by atomic mass is 16.4. The molecule has 0 radical (unpaired) electrons. The van der Waals surface area contributed by atoms with Crippen molar-refractivity contribution in [2.45, 2.75) is 45.1 Å². The van der Waals surface area contributed by atoms with Crippen LogP contribution >= 0.6 is 0 Å². The summed E-state index contributed by atoms with van der Waals surface area (Å²) in [6.45, 7) is 5.17. The fourth-order valence-corrected chi connectivity index (χ4v) is 4.99. The fraction of sp³-hybridized carbons (Fsp3) is 0.281. The van der Waals surface area contributed by atoms with Crippen molar-refractivity contribution in [3.05, 3.63) is 131 Å². The Labute approximate surface area is 219 Å². The summed E-state index contributed by atoms with van der Waals surface area (Å²) in [5.74, 6) is 1.07. The van der Waals surface area contributed by atoms with Gasteiger partial charge in [0.2, 0.25) is 0 Å². The standard InChI is InChI=1S/C32H35N3O2/c36-32(33-29-18-20-34(21-19-29)22-26-10-4-1-5-11-26)31-17-16-30(37-31)25-35(23-27-12-6-2-7-13-27)24-28-14-8-3-9-15-28/h1-17,29H,18-25H2,(H,33,36). The maximum Gasteiger partial charge on any atom is 0.287 e. The molecule has 4 aromatic rings. The summed E-state index contributed by atoms with van der Waals surface area (Å²) in [7, 11) is 0. The molecular formula is C32H35N3O2. The van der Waals surface area contributed by atoms with Gasteiger partial charge in [0.15, 0.2) is 5.76 Å². The lowest BCUT2D eigenvalue weighted by atomic mass is 10.0. The van der Waals surface area contributed by atoms with Gasteiger partial charge in [-0.1, -0.05) is 91.0 Å². The molecule has 1 aliphatic rings. The highest BCUT2D eigenvalue weighted by Crippen LogP contribution is 2.18. The molecule has 0 unspecified atom stereocenters. The van der Waals surface area contributed by atoms with Gasteiger partial charge in [0, 0.05) is 38.8 Å². The fourth-order valence-electron chi connectivity index (χ4n) is 4.99. The third kappa shape index (κ3) is 7.42. The third-order valence-electron chi connectivity index (χ3n) is 6.93. The molecule has 0 saturated carbocycles. The first kappa shape index (κ1) is 25.0. The summed E-state index contributed by atoms with van der Waals surface area (Å²) in [4.78, 5) is 17.7. The second-order valence-corrected chi connectivity index (χ2v) is 9.89. The van der Waals surface area contributed by atoms with Crippen LogP contribution in [-0.2, 0) is 26.2 Å². The van der Waals surface area contributed by atoms with Crippen LogP contribution in [0.3, 0.4) is 0 Å². The van der Waals surface area contributed by atoms with Gasteiger partial charge in [-0.15, -0.1) is 0 Å². The number of rotatable bonds is 10. The van der Waals surface area contributed by atoms with Crippen molar-refractivity contribution in [1.82, 2.24) is 15.1 Å². The van der Waals surface area contributed by atoms with E-state index in [4.69, 9.17) is 4.42 Å². The normalized spacial score (nSPS) is 14.6. The van der Waals surface area contributed by atoms with Gasteiger partial charge >= 0.3 is 0 Å². The summed E-state index contributed by atoms with van der Waals surface area (Å²) in [6.07, 6.45) is 1.90. The Kier molecular flexibility index (Phi) is 8.46. The van der Waals surface area contributed by atoms with Gasteiger partial charge in [-0.25, -0.2) is 0 Å². The lowest BCUT2D eigenvalue weighted by Gasteiger charge is -2.32. The number of piperidine rings is 1. The van der Waals surface area contributed by atoms with Gasteiger partial charge in [0.05, 0.1) is 6.54 Å². The number of amides is 1. The molecule has 1 aromatic heterocycles. The average Bonchev–Trinajstić information content (AvgIpc) is 3.40. The molecule has 5 heteroatoms. The largest absolute Gasteiger partial charge is 0.455 e. The number of hydrogen-bond acceptors (Lipinski definition) is 4. The van der Waals surface area contributed by atoms with Crippen molar-refractivity contribution >= 4 is 5.91 Å². The van der Waals surface area contributed by atoms with E-state index in [9.17, 15) is 4.79 Å². The molecule has 0 spiro atoms. The molecule has 1 fully saturated rings. The minimum Gasteiger partial charge on any atom is -0.455 e. The van der Waals surface area contributed by atoms with E-state index in [2.05, 4.69) is 94.0 Å². The Morgan fingerprint density at radius 3 is 1.84 bits per heavy atom. The Morgan fingerprint density at radius 2 is 1.27 bits per heavy atom. The van der Waals surface area contributed by atoms with Gasteiger partial charge < -0.3 is 9.73 Å². The van der Waals surface area contributed by atoms with E-state index in [1.165, 1.54) is 16.7 Å². The number of hydrogen-bond donors (Lipinski definition) is 1. The lowest BCUT2D eigenvalue weighted by molar-refractivity contribution is 0.0876. The second-order valence-electron chi connectivity index (χ2n) is 9.89. The quantitative estimate of drug-likeness (QED) is 0.300. The first-order valence-corrected chi connectivity index (χ1v) is 13.2. The van der Waals surface area contributed by atoms with Gasteiger partial charge in [0.25, 0.3) is 5.91 Å². The zero-order valence-electron chi connectivity index (χ0n) is 21.3. The SMILES string of the molecule is O=C(NC1CCN(Cc2ccccc2)CC1)c1ccc(CN(Cc2ccccc2)Cc2ccccc2)o1. The zero-order chi connectivity index (χ0) is 25.3. The van der Waals surface area contributed by atoms with E-state index < -0.39 is 0 Å². The van der Waals surface area contributed by atoms with Gasteiger partial charge in [-0.2, -0.15) is 0 Å². The Balaban J connectivity index is 1.15. The minimum absolute atomic E-state index is 0.120. The Bertz CT molecular complexity index is 1190. The van der Waals surface area contributed by atoms with E-state index in [-0.39, 0.29) is 11.9 Å². The van der Waals surface area contributed by atoms with E-state index >= 15 is 0 Å². The highest BCUT2D eigenvalue weighted by molar-refractivity contribution is 5.91. The molecule has 2 heterocycles. The first-order valence-electron chi connectivity index (χ1n) is 13.2. The molecule has 1 N–H and O–H groups in total. The van der Waals surface area contributed by atoms with E-state index in [1.807, 2.05) is 18.2 Å². The highest BCUT2D eigenvalue weighted by Gasteiger charge is 2.23. The number of carbonyl (C=O) groups excluding carboxylic acids is 1. The summed E-state index contributed by atoms with van der Waals surface area (Å²) >= 11 is 0. The van der Waals surface area contributed by atoms with E-state index in [0.717, 1.165) is 51.3 Å². The van der Waals surface area contributed by atoms with Crippen molar-refractivity contribution in [3.63, 3.8) is 0 Å². The van der Waals surface area contributed by atoms with Crippen LogP contribution < -0.4 is 5.32 Å². The first-order chi connectivity index (χ1) is 18.2. The van der Waals surface area contributed by atoms with Crippen LogP contribution in [0.4, 0.5) is 0 Å². The smallest absolute Gasteiger partial charge is 0.287 e. The van der Waals surface area contributed by atoms with E-state index in [0.29, 0.717) is 12.3 Å². The molecule has 190 valence electrons. The molecule has 5 nitrogen and oxygen atoms in total. The van der Waals surface area contributed by atoms with Gasteiger partial charge in [0.1, 0.15) is 5.76 Å². The number of likely N-dealkylation sites (tertiary alicyclic amines) is 1. The van der Waals surface area contributed by atoms with Crippen LogP contribution in [0.5, 0.6) is 0 Å². The van der Waals surface area contributed by atoms with Crippen LogP contribution in [0.25, 0.3) is 0 Å². The predicted molar refractivity (Wildman–Crippen MR) is 147 cm³/mol. The van der Waals surface area contributed by atoms with Crippen LogP contribution in [0.15, 0.2) is 108 Å². The Morgan fingerprint density at radius 1 is 0.730 bits per heavy atom. The monoisotopic (exact) mass is 493 g/mol.